The quantitative estimate of drug-likeness (QED) is 0.908. The number of fused-ring (bicyclic) bond motifs is 1. The molecule has 0 saturated heterocycles. The number of hydrogen-bond donors (Lipinski definition) is 1. The maximum atomic E-state index is 13.7. The van der Waals surface area contributed by atoms with Crippen molar-refractivity contribution in [1.29, 1.82) is 0 Å². The van der Waals surface area contributed by atoms with Crippen molar-refractivity contribution >= 4 is 17.3 Å². The third-order valence-corrected chi connectivity index (χ3v) is 3.63. The number of hydrogen-bond acceptors (Lipinski definition) is 2. The number of aryl methyl sites for hydroxylation is 1. The van der Waals surface area contributed by atoms with Gasteiger partial charge in [-0.25, -0.2) is 4.39 Å². The molecule has 2 aromatic rings. The summed E-state index contributed by atoms with van der Waals surface area (Å²) < 4.78 is 19.3. The van der Waals surface area contributed by atoms with Gasteiger partial charge in [-0.1, -0.05) is 17.7 Å². The highest BCUT2D eigenvalue weighted by molar-refractivity contribution is 6.30. The second-order valence-electron chi connectivity index (χ2n) is 4.99. The van der Waals surface area contributed by atoms with Crippen molar-refractivity contribution in [2.24, 2.45) is 0 Å². The van der Waals surface area contributed by atoms with Crippen LogP contribution in [-0.4, -0.2) is 6.61 Å². The lowest BCUT2D eigenvalue weighted by Crippen LogP contribution is -2.03. The highest BCUT2D eigenvalue weighted by Crippen LogP contribution is 2.33. The Bertz CT molecular complexity index is 657. The Kier molecular flexibility index (Phi) is 3.53. The summed E-state index contributed by atoms with van der Waals surface area (Å²) in [5, 5.41) is 3.80. The van der Waals surface area contributed by atoms with Gasteiger partial charge in [0.2, 0.25) is 0 Å². The first kappa shape index (κ1) is 13.3. The predicted molar refractivity (Wildman–Crippen MR) is 79.1 cm³/mol. The summed E-state index contributed by atoms with van der Waals surface area (Å²) >= 11 is 6.11. The molecule has 0 atom stereocenters. The number of benzene rings is 2. The van der Waals surface area contributed by atoms with Crippen LogP contribution in [0.4, 0.5) is 10.1 Å². The molecule has 0 spiro atoms. The largest absolute Gasteiger partial charge is 0.493 e. The molecule has 104 valence electrons. The van der Waals surface area contributed by atoms with E-state index in [1.54, 1.807) is 12.1 Å². The van der Waals surface area contributed by atoms with Gasteiger partial charge in [0.1, 0.15) is 11.6 Å². The van der Waals surface area contributed by atoms with Gasteiger partial charge in [0.15, 0.2) is 0 Å². The van der Waals surface area contributed by atoms with E-state index in [9.17, 15) is 4.39 Å². The lowest BCUT2D eigenvalue weighted by atomic mass is 10.1. The van der Waals surface area contributed by atoms with Crippen molar-refractivity contribution in [3.8, 4) is 5.75 Å². The van der Waals surface area contributed by atoms with Gasteiger partial charge >= 0.3 is 0 Å². The van der Waals surface area contributed by atoms with Crippen LogP contribution in [0.1, 0.15) is 16.7 Å². The Morgan fingerprint density at radius 1 is 1.30 bits per heavy atom. The molecule has 2 aromatic carbocycles. The van der Waals surface area contributed by atoms with Crippen molar-refractivity contribution in [2.45, 2.75) is 19.9 Å². The van der Waals surface area contributed by atoms with Crippen LogP contribution in [0.5, 0.6) is 5.75 Å². The minimum atomic E-state index is -0.254. The van der Waals surface area contributed by atoms with Gasteiger partial charge in [0.25, 0.3) is 0 Å². The van der Waals surface area contributed by atoms with Crippen LogP contribution in [0.2, 0.25) is 5.02 Å². The van der Waals surface area contributed by atoms with E-state index in [0.717, 1.165) is 28.9 Å². The summed E-state index contributed by atoms with van der Waals surface area (Å²) in [6, 6.07) is 8.81. The van der Waals surface area contributed by atoms with Crippen LogP contribution in [0.15, 0.2) is 30.3 Å². The molecule has 1 aliphatic heterocycles. The van der Waals surface area contributed by atoms with Crippen LogP contribution in [-0.2, 0) is 13.0 Å². The molecular weight excluding hydrogens is 277 g/mol. The summed E-state index contributed by atoms with van der Waals surface area (Å²) in [6.45, 7) is 3.11. The summed E-state index contributed by atoms with van der Waals surface area (Å²) in [6.07, 6.45) is 0.877. The normalized spacial score (nSPS) is 12.9. The van der Waals surface area contributed by atoms with Gasteiger partial charge in [0, 0.05) is 23.6 Å². The molecule has 1 N–H and O–H groups in total. The Labute approximate surface area is 122 Å². The molecule has 0 aliphatic carbocycles. The molecule has 0 aromatic heterocycles. The van der Waals surface area contributed by atoms with E-state index in [2.05, 4.69) is 5.32 Å². The SMILES string of the molecule is Cc1ccc(F)c(NCc2cc(Cl)cc3c2OCC3)c1. The Hall–Kier alpha value is -1.74. The lowest BCUT2D eigenvalue weighted by Gasteiger charge is -2.12. The molecule has 0 radical (unpaired) electrons. The van der Waals surface area contributed by atoms with Crippen molar-refractivity contribution in [3.63, 3.8) is 0 Å². The zero-order valence-corrected chi connectivity index (χ0v) is 11.9. The molecule has 4 heteroatoms. The van der Waals surface area contributed by atoms with Crippen LogP contribution >= 0.6 is 11.6 Å². The van der Waals surface area contributed by atoms with E-state index in [-0.39, 0.29) is 5.82 Å². The summed E-state index contributed by atoms with van der Waals surface area (Å²) in [5.74, 6) is 0.630. The summed E-state index contributed by atoms with van der Waals surface area (Å²) in [4.78, 5) is 0. The lowest BCUT2D eigenvalue weighted by molar-refractivity contribution is 0.354. The fraction of sp³-hybridized carbons (Fsp3) is 0.250. The molecule has 3 rings (SSSR count). The van der Waals surface area contributed by atoms with E-state index in [4.69, 9.17) is 16.3 Å². The molecule has 0 fully saturated rings. The first-order valence-electron chi connectivity index (χ1n) is 6.57. The predicted octanol–water partition coefficient (Wildman–Crippen LogP) is 4.33. The summed E-state index contributed by atoms with van der Waals surface area (Å²) in [5.41, 5.74) is 3.60. The third-order valence-electron chi connectivity index (χ3n) is 3.42. The minimum absolute atomic E-state index is 0.254. The van der Waals surface area contributed by atoms with Crippen molar-refractivity contribution in [1.82, 2.24) is 0 Å². The van der Waals surface area contributed by atoms with Gasteiger partial charge in [0.05, 0.1) is 12.3 Å². The molecule has 0 saturated carbocycles. The van der Waals surface area contributed by atoms with E-state index in [0.29, 0.717) is 23.9 Å². The zero-order chi connectivity index (χ0) is 14.1. The molecule has 1 aliphatic rings. The van der Waals surface area contributed by atoms with E-state index >= 15 is 0 Å². The number of halogens is 2. The minimum Gasteiger partial charge on any atom is -0.493 e. The smallest absolute Gasteiger partial charge is 0.146 e. The van der Waals surface area contributed by atoms with Crippen LogP contribution in [0.3, 0.4) is 0 Å². The zero-order valence-electron chi connectivity index (χ0n) is 11.2. The average molecular weight is 292 g/mol. The van der Waals surface area contributed by atoms with Crippen molar-refractivity contribution in [3.05, 3.63) is 57.9 Å². The van der Waals surface area contributed by atoms with Gasteiger partial charge in [-0.3, -0.25) is 0 Å². The first-order valence-corrected chi connectivity index (χ1v) is 6.95. The monoisotopic (exact) mass is 291 g/mol. The highest BCUT2D eigenvalue weighted by atomic mass is 35.5. The number of ether oxygens (including phenoxy) is 1. The molecule has 1 heterocycles. The fourth-order valence-electron chi connectivity index (χ4n) is 2.44. The molecule has 0 amide bonds. The van der Waals surface area contributed by atoms with Crippen LogP contribution < -0.4 is 10.1 Å². The van der Waals surface area contributed by atoms with E-state index in [1.807, 2.05) is 19.1 Å². The van der Waals surface area contributed by atoms with E-state index < -0.39 is 0 Å². The average Bonchev–Trinajstić information content (AvgIpc) is 2.87. The molecular formula is C16H15ClFNO. The first-order chi connectivity index (χ1) is 9.63. The third kappa shape index (κ3) is 2.59. The molecule has 20 heavy (non-hydrogen) atoms. The Morgan fingerprint density at radius 2 is 2.15 bits per heavy atom. The van der Waals surface area contributed by atoms with E-state index in [1.165, 1.54) is 6.07 Å². The van der Waals surface area contributed by atoms with Crippen LogP contribution in [0, 0.1) is 12.7 Å². The maximum absolute atomic E-state index is 13.7. The number of rotatable bonds is 3. The second-order valence-corrected chi connectivity index (χ2v) is 5.42. The number of nitrogens with one attached hydrogen (secondary N) is 1. The Balaban J connectivity index is 1.84. The molecule has 0 bridgehead atoms. The van der Waals surface area contributed by atoms with Gasteiger partial charge < -0.3 is 10.1 Å². The molecule has 0 unspecified atom stereocenters. The maximum Gasteiger partial charge on any atom is 0.146 e. The molecule has 2 nitrogen and oxygen atoms in total. The van der Waals surface area contributed by atoms with Crippen LogP contribution in [0.25, 0.3) is 0 Å². The fourth-order valence-corrected chi connectivity index (χ4v) is 2.71. The van der Waals surface area contributed by atoms with Crippen molar-refractivity contribution in [2.75, 3.05) is 11.9 Å². The highest BCUT2D eigenvalue weighted by Gasteiger charge is 2.17. The van der Waals surface area contributed by atoms with Crippen molar-refractivity contribution < 1.29 is 9.13 Å². The van der Waals surface area contributed by atoms with Gasteiger partial charge in [-0.2, -0.15) is 0 Å². The second kappa shape index (κ2) is 5.33. The van der Waals surface area contributed by atoms with Gasteiger partial charge in [-0.15, -0.1) is 0 Å². The standard InChI is InChI=1S/C16H15ClFNO/c1-10-2-3-14(18)15(6-10)19-9-12-8-13(17)7-11-4-5-20-16(11)12/h2-3,6-8,19H,4-5,9H2,1H3. The topological polar surface area (TPSA) is 21.3 Å². The number of anilines is 1. The summed E-state index contributed by atoms with van der Waals surface area (Å²) in [7, 11) is 0. The Morgan fingerprint density at radius 3 is 3.00 bits per heavy atom. The van der Waals surface area contributed by atoms with Gasteiger partial charge in [-0.05, 0) is 42.3 Å².